The van der Waals surface area contributed by atoms with E-state index in [4.69, 9.17) is 10.5 Å². The first-order chi connectivity index (χ1) is 10.3. The molecule has 0 bridgehead atoms. The van der Waals surface area contributed by atoms with E-state index in [0.717, 1.165) is 30.7 Å². The molecule has 0 aliphatic rings. The molecular formula is C17H23N3O. The van der Waals surface area contributed by atoms with E-state index in [1.807, 2.05) is 42.5 Å². The van der Waals surface area contributed by atoms with Crippen LogP contribution in [0.1, 0.15) is 31.4 Å². The molecule has 3 N–H and O–H groups in total. The minimum atomic E-state index is 0.169. The third kappa shape index (κ3) is 4.76. The fraction of sp³-hybridized carbons (Fsp3) is 0.353. The Kier molecular flexibility index (Phi) is 6.03. The van der Waals surface area contributed by atoms with Crippen molar-refractivity contribution in [3.05, 3.63) is 54.2 Å². The number of anilines is 1. The van der Waals surface area contributed by atoms with Crippen molar-refractivity contribution in [3.8, 4) is 5.75 Å². The molecule has 0 saturated heterocycles. The van der Waals surface area contributed by atoms with E-state index in [2.05, 4.69) is 17.2 Å². The van der Waals surface area contributed by atoms with Gasteiger partial charge in [0.1, 0.15) is 11.6 Å². The number of ether oxygens (including phenoxy) is 1. The predicted octanol–water partition coefficient (Wildman–Crippen LogP) is 3.17. The summed E-state index contributed by atoms with van der Waals surface area (Å²) in [7, 11) is 0. The van der Waals surface area contributed by atoms with Gasteiger partial charge in [0.05, 0.1) is 6.61 Å². The lowest BCUT2D eigenvalue weighted by Gasteiger charge is -2.20. The number of nitrogen functional groups attached to an aromatic ring is 1. The number of hydrogen-bond donors (Lipinski definition) is 2. The van der Waals surface area contributed by atoms with Crippen LogP contribution in [0.2, 0.25) is 0 Å². The first-order valence-electron chi connectivity index (χ1n) is 7.43. The van der Waals surface area contributed by atoms with Crippen molar-refractivity contribution in [2.75, 3.05) is 18.9 Å². The van der Waals surface area contributed by atoms with Gasteiger partial charge < -0.3 is 15.8 Å². The summed E-state index contributed by atoms with van der Waals surface area (Å²) in [6, 6.07) is 14.0. The molecule has 0 radical (unpaired) electrons. The Morgan fingerprint density at radius 3 is 2.71 bits per heavy atom. The Bertz CT molecular complexity index is 531. The SMILES string of the molecule is CCCNC(CCOc1ccccc1)c1cccnc1N. The second kappa shape index (κ2) is 8.27. The Morgan fingerprint density at radius 1 is 1.19 bits per heavy atom. The topological polar surface area (TPSA) is 60.2 Å². The zero-order chi connectivity index (χ0) is 14.9. The second-order valence-electron chi connectivity index (χ2n) is 4.93. The van der Waals surface area contributed by atoms with Crippen LogP contribution in [-0.2, 0) is 0 Å². The molecule has 2 aromatic rings. The summed E-state index contributed by atoms with van der Waals surface area (Å²) in [5, 5.41) is 3.51. The lowest BCUT2D eigenvalue weighted by atomic mass is 10.0. The standard InChI is InChI=1S/C17H23N3O/c1-2-11-19-16(15-9-6-12-20-17(15)18)10-13-21-14-7-4-3-5-8-14/h3-9,12,16,19H,2,10-11,13H2,1H3,(H2,18,20). The highest BCUT2D eigenvalue weighted by Crippen LogP contribution is 2.21. The van der Waals surface area contributed by atoms with Crippen molar-refractivity contribution in [1.82, 2.24) is 10.3 Å². The van der Waals surface area contributed by atoms with Crippen LogP contribution in [-0.4, -0.2) is 18.1 Å². The van der Waals surface area contributed by atoms with E-state index < -0.39 is 0 Å². The number of nitrogens with one attached hydrogen (secondary N) is 1. The summed E-state index contributed by atoms with van der Waals surface area (Å²) in [6.07, 6.45) is 3.65. The zero-order valence-corrected chi connectivity index (χ0v) is 12.5. The first kappa shape index (κ1) is 15.3. The van der Waals surface area contributed by atoms with Crippen molar-refractivity contribution in [2.24, 2.45) is 0 Å². The second-order valence-corrected chi connectivity index (χ2v) is 4.93. The summed E-state index contributed by atoms with van der Waals surface area (Å²) in [6.45, 7) is 3.74. The molecule has 112 valence electrons. The molecule has 4 nitrogen and oxygen atoms in total. The van der Waals surface area contributed by atoms with Crippen LogP contribution in [0.5, 0.6) is 5.75 Å². The van der Waals surface area contributed by atoms with Gasteiger partial charge >= 0.3 is 0 Å². The molecule has 1 aromatic heterocycles. The normalized spacial score (nSPS) is 12.0. The van der Waals surface area contributed by atoms with E-state index in [-0.39, 0.29) is 6.04 Å². The van der Waals surface area contributed by atoms with Crippen LogP contribution < -0.4 is 15.8 Å². The molecular weight excluding hydrogens is 262 g/mol. The fourth-order valence-corrected chi connectivity index (χ4v) is 2.22. The van der Waals surface area contributed by atoms with Crippen molar-refractivity contribution >= 4 is 5.82 Å². The molecule has 0 amide bonds. The molecule has 1 atom stereocenters. The summed E-state index contributed by atoms with van der Waals surface area (Å²) in [5.74, 6) is 1.48. The van der Waals surface area contributed by atoms with Gasteiger partial charge in [-0.2, -0.15) is 0 Å². The quantitative estimate of drug-likeness (QED) is 0.782. The summed E-state index contributed by atoms with van der Waals surface area (Å²) in [5.41, 5.74) is 7.03. The Hall–Kier alpha value is -2.07. The van der Waals surface area contributed by atoms with E-state index in [0.29, 0.717) is 12.4 Å². The average molecular weight is 285 g/mol. The molecule has 2 rings (SSSR count). The van der Waals surface area contributed by atoms with Gasteiger partial charge in [0.15, 0.2) is 0 Å². The Morgan fingerprint density at radius 2 is 2.00 bits per heavy atom. The van der Waals surface area contributed by atoms with Crippen LogP contribution in [0.25, 0.3) is 0 Å². The monoisotopic (exact) mass is 285 g/mol. The molecule has 4 heteroatoms. The fourth-order valence-electron chi connectivity index (χ4n) is 2.22. The van der Waals surface area contributed by atoms with Crippen LogP contribution >= 0.6 is 0 Å². The summed E-state index contributed by atoms with van der Waals surface area (Å²) < 4.78 is 5.78. The molecule has 1 unspecified atom stereocenters. The van der Waals surface area contributed by atoms with Crippen LogP contribution in [0.4, 0.5) is 5.82 Å². The van der Waals surface area contributed by atoms with E-state index in [9.17, 15) is 0 Å². The maximum absolute atomic E-state index is 5.98. The van der Waals surface area contributed by atoms with Gasteiger partial charge in [-0.1, -0.05) is 31.2 Å². The van der Waals surface area contributed by atoms with Crippen molar-refractivity contribution in [2.45, 2.75) is 25.8 Å². The number of pyridine rings is 1. The molecule has 0 fully saturated rings. The van der Waals surface area contributed by atoms with E-state index >= 15 is 0 Å². The highest BCUT2D eigenvalue weighted by molar-refractivity contribution is 5.40. The zero-order valence-electron chi connectivity index (χ0n) is 12.5. The number of hydrogen-bond acceptors (Lipinski definition) is 4. The molecule has 0 aliphatic heterocycles. The number of aromatic nitrogens is 1. The van der Waals surface area contributed by atoms with Crippen molar-refractivity contribution in [1.29, 1.82) is 0 Å². The third-order valence-corrected chi connectivity index (χ3v) is 3.31. The average Bonchev–Trinajstić information content (AvgIpc) is 2.52. The van der Waals surface area contributed by atoms with Crippen LogP contribution in [0.3, 0.4) is 0 Å². The summed E-state index contributed by atoms with van der Waals surface area (Å²) in [4.78, 5) is 4.17. The molecule has 21 heavy (non-hydrogen) atoms. The number of rotatable bonds is 8. The lowest BCUT2D eigenvalue weighted by Crippen LogP contribution is -2.25. The largest absolute Gasteiger partial charge is 0.494 e. The smallest absolute Gasteiger partial charge is 0.128 e. The van der Waals surface area contributed by atoms with Gasteiger partial charge in [-0.3, -0.25) is 0 Å². The van der Waals surface area contributed by atoms with Gasteiger partial charge in [0, 0.05) is 24.2 Å². The first-order valence-corrected chi connectivity index (χ1v) is 7.43. The summed E-state index contributed by atoms with van der Waals surface area (Å²) >= 11 is 0. The molecule has 0 saturated carbocycles. The minimum absolute atomic E-state index is 0.169. The Balaban J connectivity index is 1.95. The molecule has 1 heterocycles. The van der Waals surface area contributed by atoms with Crippen molar-refractivity contribution < 1.29 is 4.74 Å². The molecule has 1 aromatic carbocycles. The minimum Gasteiger partial charge on any atom is -0.494 e. The molecule has 0 aliphatic carbocycles. The lowest BCUT2D eigenvalue weighted by molar-refractivity contribution is 0.286. The van der Waals surface area contributed by atoms with Crippen LogP contribution in [0.15, 0.2) is 48.7 Å². The van der Waals surface area contributed by atoms with Gasteiger partial charge in [0.25, 0.3) is 0 Å². The maximum Gasteiger partial charge on any atom is 0.128 e. The third-order valence-electron chi connectivity index (χ3n) is 3.31. The Labute approximate surface area is 126 Å². The molecule has 0 spiro atoms. The van der Waals surface area contributed by atoms with E-state index in [1.54, 1.807) is 6.20 Å². The number of para-hydroxylation sites is 1. The van der Waals surface area contributed by atoms with Crippen molar-refractivity contribution in [3.63, 3.8) is 0 Å². The van der Waals surface area contributed by atoms with Gasteiger partial charge in [0.2, 0.25) is 0 Å². The highest BCUT2D eigenvalue weighted by atomic mass is 16.5. The number of nitrogens with two attached hydrogens (primary N) is 1. The predicted molar refractivity (Wildman–Crippen MR) is 86.2 cm³/mol. The van der Waals surface area contributed by atoms with Gasteiger partial charge in [-0.25, -0.2) is 4.98 Å². The number of benzene rings is 1. The van der Waals surface area contributed by atoms with Gasteiger partial charge in [-0.05, 0) is 31.2 Å². The van der Waals surface area contributed by atoms with Gasteiger partial charge in [-0.15, -0.1) is 0 Å². The highest BCUT2D eigenvalue weighted by Gasteiger charge is 2.14. The maximum atomic E-state index is 5.98. The van der Waals surface area contributed by atoms with Crippen LogP contribution in [0, 0.1) is 0 Å². The number of nitrogens with zero attached hydrogens (tertiary/aromatic N) is 1. The van der Waals surface area contributed by atoms with E-state index in [1.165, 1.54) is 0 Å².